The minimum atomic E-state index is -0.286. The van der Waals surface area contributed by atoms with Crippen molar-refractivity contribution in [1.29, 1.82) is 0 Å². The predicted octanol–water partition coefficient (Wildman–Crippen LogP) is 0.960. The smallest absolute Gasteiger partial charge is 0.237 e. The van der Waals surface area contributed by atoms with Gasteiger partial charge in [-0.15, -0.1) is 0 Å². The lowest BCUT2D eigenvalue weighted by atomic mass is 10.1. The van der Waals surface area contributed by atoms with Crippen LogP contribution in [0.15, 0.2) is 12.4 Å². The summed E-state index contributed by atoms with van der Waals surface area (Å²) >= 11 is 0. The van der Waals surface area contributed by atoms with Gasteiger partial charge in [-0.2, -0.15) is 0 Å². The van der Waals surface area contributed by atoms with Gasteiger partial charge in [-0.3, -0.25) is 4.79 Å². The Morgan fingerprint density at radius 1 is 1.56 bits per heavy atom. The number of primary amides is 1. The summed E-state index contributed by atoms with van der Waals surface area (Å²) in [6, 6.07) is 0.423. The Bertz CT molecular complexity index is 384. The molecule has 1 unspecified atom stereocenters. The zero-order valence-corrected chi connectivity index (χ0v) is 9.70. The van der Waals surface area contributed by atoms with E-state index in [0.29, 0.717) is 6.04 Å². The van der Waals surface area contributed by atoms with E-state index in [2.05, 4.69) is 17.7 Å². The van der Waals surface area contributed by atoms with Gasteiger partial charge in [-0.25, -0.2) is 0 Å². The molecule has 3 N–H and O–H groups in total. The van der Waals surface area contributed by atoms with Gasteiger partial charge in [0, 0.05) is 18.4 Å². The van der Waals surface area contributed by atoms with E-state index in [9.17, 15) is 4.79 Å². The predicted molar refractivity (Wildman–Crippen MR) is 63.0 cm³/mol. The molecule has 0 aromatic carbocycles. The van der Waals surface area contributed by atoms with Gasteiger partial charge in [-0.1, -0.05) is 6.42 Å². The molecule has 4 heteroatoms. The van der Waals surface area contributed by atoms with Crippen molar-refractivity contribution in [2.75, 3.05) is 7.05 Å². The Kier molecular flexibility index (Phi) is 3.29. The highest BCUT2D eigenvalue weighted by molar-refractivity contribution is 5.73. The summed E-state index contributed by atoms with van der Waals surface area (Å²) in [4.78, 5) is 10.9. The summed E-state index contributed by atoms with van der Waals surface area (Å²) in [5, 5.41) is 3.34. The molecule has 16 heavy (non-hydrogen) atoms. The zero-order chi connectivity index (χ0) is 11.5. The number of hydrogen-bond donors (Lipinski definition) is 2. The van der Waals surface area contributed by atoms with Crippen LogP contribution in [0.2, 0.25) is 0 Å². The van der Waals surface area contributed by atoms with Crippen molar-refractivity contribution < 1.29 is 4.79 Å². The first-order valence-electron chi connectivity index (χ1n) is 5.85. The molecule has 1 aliphatic carbocycles. The van der Waals surface area contributed by atoms with Gasteiger partial charge in [0.15, 0.2) is 0 Å². The molecule has 1 amide bonds. The SMILES string of the molecule is CNC1CCCCc2cn(CC(N)=O)cc21. The zero-order valence-electron chi connectivity index (χ0n) is 9.70. The molecule has 2 rings (SSSR count). The highest BCUT2D eigenvalue weighted by atomic mass is 16.1. The Balaban J connectivity index is 2.26. The topological polar surface area (TPSA) is 60.1 Å². The third-order valence-corrected chi connectivity index (χ3v) is 3.25. The summed E-state index contributed by atoms with van der Waals surface area (Å²) in [6.07, 6.45) is 8.90. The van der Waals surface area contributed by atoms with Crippen molar-refractivity contribution >= 4 is 5.91 Å². The van der Waals surface area contributed by atoms with E-state index in [1.54, 1.807) is 0 Å². The number of nitrogens with one attached hydrogen (secondary N) is 1. The summed E-state index contributed by atoms with van der Waals surface area (Å²) in [5.74, 6) is -0.286. The lowest BCUT2D eigenvalue weighted by Gasteiger charge is -2.13. The second-order valence-corrected chi connectivity index (χ2v) is 4.46. The number of aryl methyl sites for hydroxylation is 1. The van der Waals surface area contributed by atoms with E-state index in [4.69, 9.17) is 5.73 Å². The number of carbonyl (C=O) groups is 1. The average molecular weight is 221 g/mol. The fourth-order valence-corrected chi connectivity index (χ4v) is 2.49. The first kappa shape index (κ1) is 11.2. The third kappa shape index (κ3) is 2.27. The maximum absolute atomic E-state index is 10.9. The number of hydrogen-bond acceptors (Lipinski definition) is 2. The molecule has 1 aliphatic rings. The molecule has 0 aliphatic heterocycles. The number of aromatic nitrogens is 1. The standard InChI is InChI=1S/C12H19N3O/c1-14-11-5-3-2-4-9-6-15(7-10(9)11)8-12(13)16/h6-7,11,14H,2-5,8H2,1H3,(H2,13,16). The van der Waals surface area contributed by atoms with Crippen LogP contribution in [-0.4, -0.2) is 17.5 Å². The lowest BCUT2D eigenvalue weighted by Crippen LogP contribution is -2.18. The molecule has 1 heterocycles. The molecule has 1 aromatic rings. The minimum absolute atomic E-state index is 0.281. The lowest BCUT2D eigenvalue weighted by molar-refractivity contribution is -0.118. The largest absolute Gasteiger partial charge is 0.368 e. The average Bonchev–Trinajstić information content (AvgIpc) is 2.51. The molecule has 0 bridgehead atoms. The molecule has 0 fully saturated rings. The maximum atomic E-state index is 10.9. The van der Waals surface area contributed by atoms with Gasteiger partial charge >= 0.3 is 0 Å². The second kappa shape index (κ2) is 4.70. The molecule has 1 atom stereocenters. The van der Waals surface area contributed by atoms with Gasteiger partial charge in [0.2, 0.25) is 5.91 Å². The summed E-state index contributed by atoms with van der Waals surface area (Å²) in [7, 11) is 1.99. The maximum Gasteiger partial charge on any atom is 0.237 e. The van der Waals surface area contributed by atoms with Crippen molar-refractivity contribution in [2.24, 2.45) is 5.73 Å². The quantitative estimate of drug-likeness (QED) is 0.747. The fourth-order valence-electron chi connectivity index (χ4n) is 2.49. The van der Waals surface area contributed by atoms with Crippen LogP contribution in [0.4, 0.5) is 0 Å². The summed E-state index contributed by atoms with van der Waals surface area (Å²) in [5.41, 5.74) is 7.90. The van der Waals surface area contributed by atoms with E-state index in [1.165, 1.54) is 30.4 Å². The number of fused-ring (bicyclic) bond motifs is 1. The normalized spacial score (nSPS) is 20.2. The van der Waals surface area contributed by atoms with Crippen LogP contribution in [-0.2, 0) is 17.8 Å². The molecule has 4 nitrogen and oxygen atoms in total. The first-order chi connectivity index (χ1) is 7.70. The van der Waals surface area contributed by atoms with Crippen LogP contribution in [0, 0.1) is 0 Å². The van der Waals surface area contributed by atoms with Crippen LogP contribution >= 0.6 is 0 Å². The van der Waals surface area contributed by atoms with Crippen molar-refractivity contribution in [3.63, 3.8) is 0 Å². The van der Waals surface area contributed by atoms with Crippen molar-refractivity contribution in [1.82, 2.24) is 9.88 Å². The van der Waals surface area contributed by atoms with Crippen LogP contribution in [0.25, 0.3) is 0 Å². The monoisotopic (exact) mass is 221 g/mol. The van der Waals surface area contributed by atoms with E-state index < -0.39 is 0 Å². The highest BCUT2D eigenvalue weighted by Gasteiger charge is 2.19. The van der Waals surface area contributed by atoms with Crippen LogP contribution in [0.5, 0.6) is 0 Å². The molecule has 0 radical (unpaired) electrons. The molecule has 0 spiro atoms. The molecule has 1 aromatic heterocycles. The first-order valence-corrected chi connectivity index (χ1v) is 5.85. The van der Waals surface area contributed by atoms with Crippen LogP contribution < -0.4 is 11.1 Å². The number of nitrogens with two attached hydrogens (primary N) is 1. The fraction of sp³-hybridized carbons (Fsp3) is 0.583. The highest BCUT2D eigenvalue weighted by Crippen LogP contribution is 2.29. The van der Waals surface area contributed by atoms with Crippen LogP contribution in [0.3, 0.4) is 0 Å². The summed E-state index contributed by atoms with van der Waals surface area (Å²) in [6.45, 7) is 0.281. The van der Waals surface area contributed by atoms with Crippen molar-refractivity contribution in [3.8, 4) is 0 Å². The van der Waals surface area contributed by atoms with Gasteiger partial charge < -0.3 is 15.6 Å². The van der Waals surface area contributed by atoms with Gasteiger partial charge in [0.05, 0.1) is 0 Å². The van der Waals surface area contributed by atoms with Crippen LogP contribution in [0.1, 0.15) is 36.4 Å². The molecular formula is C12H19N3O. The third-order valence-electron chi connectivity index (χ3n) is 3.25. The summed E-state index contributed by atoms with van der Waals surface area (Å²) < 4.78 is 1.91. The van der Waals surface area contributed by atoms with E-state index in [1.807, 2.05) is 11.6 Å². The number of nitrogens with zero attached hydrogens (tertiary/aromatic N) is 1. The number of carbonyl (C=O) groups excluding carboxylic acids is 1. The van der Waals surface area contributed by atoms with E-state index in [-0.39, 0.29) is 12.5 Å². The van der Waals surface area contributed by atoms with E-state index in [0.717, 1.165) is 6.42 Å². The second-order valence-electron chi connectivity index (χ2n) is 4.46. The molecule has 0 saturated heterocycles. The minimum Gasteiger partial charge on any atom is -0.368 e. The Morgan fingerprint density at radius 3 is 3.06 bits per heavy atom. The van der Waals surface area contributed by atoms with Gasteiger partial charge in [0.1, 0.15) is 6.54 Å². The Morgan fingerprint density at radius 2 is 2.38 bits per heavy atom. The number of amides is 1. The molecule has 88 valence electrons. The molecular weight excluding hydrogens is 202 g/mol. The Hall–Kier alpha value is -1.29. The van der Waals surface area contributed by atoms with Crippen molar-refractivity contribution in [2.45, 2.75) is 38.3 Å². The van der Waals surface area contributed by atoms with Crippen molar-refractivity contribution in [3.05, 3.63) is 23.5 Å². The Labute approximate surface area is 95.8 Å². The van der Waals surface area contributed by atoms with Gasteiger partial charge in [-0.05, 0) is 37.4 Å². The van der Waals surface area contributed by atoms with Gasteiger partial charge in [0.25, 0.3) is 0 Å². The molecule has 0 saturated carbocycles. The van der Waals surface area contributed by atoms with E-state index >= 15 is 0 Å². The number of rotatable bonds is 3.